The van der Waals surface area contributed by atoms with Gasteiger partial charge in [0.25, 0.3) is 0 Å². The van der Waals surface area contributed by atoms with Crippen molar-refractivity contribution in [3.05, 3.63) is 169 Å². The van der Waals surface area contributed by atoms with Gasteiger partial charge in [-0.25, -0.2) is 0 Å². The van der Waals surface area contributed by atoms with Crippen LogP contribution in [0.4, 0.5) is 0 Å². The van der Waals surface area contributed by atoms with Gasteiger partial charge in [0.1, 0.15) is 0 Å². The zero-order valence-corrected chi connectivity index (χ0v) is 31.6. The SMILES string of the molecule is c1ccc2c(c1)-c1ccc3sc4c(-c5cc(-c6cccc7ccccc67)cc(-c6cccc7ccccc67)c5)cccc4c3c1C21C2CC3CC(C2)CC1C3. The van der Waals surface area contributed by atoms with Gasteiger partial charge >= 0.3 is 0 Å². The molecular formula is C54H40S. The van der Waals surface area contributed by atoms with Crippen molar-refractivity contribution in [3.63, 3.8) is 0 Å². The number of fused-ring (bicyclic) bond motifs is 9. The quantitative estimate of drug-likeness (QED) is 0.170. The summed E-state index contributed by atoms with van der Waals surface area (Å²) in [6.45, 7) is 0. The molecule has 1 heterocycles. The zero-order valence-electron chi connectivity index (χ0n) is 30.8. The summed E-state index contributed by atoms with van der Waals surface area (Å²) in [4.78, 5) is 0. The lowest BCUT2D eigenvalue weighted by Gasteiger charge is -2.61. The van der Waals surface area contributed by atoms with Gasteiger partial charge in [0.2, 0.25) is 0 Å². The topological polar surface area (TPSA) is 0 Å². The van der Waals surface area contributed by atoms with E-state index in [0.717, 1.165) is 23.7 Å². The number of thiophene rings is 1. The van der Waals surface area contributed by atoms with Crippen LogP contribution in [-0.2, 0) is 5.41 Å². The van der Waals surface area contributed by atoms with Crippen molar-refractivity contribution < 1.29 is 0 Å². The fourth-order valence-electron chi connectivity index (χ4n) is 12.8. The van der Waals surface area contributed by atoms with Crippen LogP contribution in [0, 0.1) is 23.7 Å². The van der Waals surface area contributed by atoms with E-state index in [1.807, 2.05) is 11.3 Å². The average molecular weight is 721 g/mol. The van der Waals surface area contributed by atoms with Crippen molar-refractivity contribution in [2.75, 3.05) is 0 Å². The van der Waals surface area contributed by atoms with Crippen LogP contribution in [0.1, 0.15) is 43.2 Å². The summed E-state index contributed by atoms with van der Waals surface area (Å²) in [7, 11) is 0. The summed E-state index contributed by atoms with van der Waals surface area (Å²) in [5, 5.41) is 8.12. The van der Waals surface area contributed by atoms with Crippen molar-refractivity contribution >= 4 is 53.1 Å². The predicted molar refractivity (Wildman–Crippen MR) is 234 cm³/mol. The third kappa shape index (κ3) is 4.17. The van der Waals surface area contributed by atoms with Crippen molar-refractivity contribution in [1.29, 1.82) is 0 Å². The molecule has 262 valence electrons. The van der Waals surface area contributed by atoms with E-state index in [1.54, 1.807) is 16.5 Å². The first kappa shape index (κ1) is 30.8. The molecule has 4 saturated carbocycles. The molecule has 5 aliphatic rings. The van der Waals surface area contributed by atoms with Crippen LogP contribution >= 0.6 is 11.3 Å². The lowest BCUT2D eigenvalue weighted by Crippen LogP contribution is -2.55. The van der Waals surface area contributed by atoms with Gasteiger partial charge in [0.15, 0.2) is 0 Å². The van der Waals surface area contributed by atoms with E-state index in [0.29, 0.717) is 0 Å². The first-order valence-corrected chi connectivity index (χ1v) is 21.2. The molecule has 1 spiro atoms. The molecule has 9 aromatic rings. The predicted octanol–water partition coefficient (Wildman–Crippen LogP) is 15.1. The first-order chi connectivity index (χ1) is 27.2. The van der Waals surface area contributed by atoms with E-state index in [9.17, 15) is 0 Å². The summed E-state index contributed by atoms with van der Waals surface area (Å²) >= 11 is 2.02. The Morgan fingerprint density at radius 1 is 0.418 bits per heavy atom. The van der Waals surface area contributed by atoms with Gasteiger partial charge in [0.05, 0.1) is 0 Å². The molecule has 0 atom stereocenters. The third-order valence-electron chi connectivity index (χ3n) is 14.6. The van der Waals surface area contributed by atoms with Gasteiger partial charge in [-0.2, -0.15) is 0 Å². The van der Waals surface area contributed by atoms with Crippen molar-refractivity contribution in [3.8, 4) is 44.5 Å². The van der Waals surface area contributed by atoms with Gasteiger partial charge in [-0.1, -0.05) is 133 Å². The average Bonchev–Trinajstić information content (AvgIpc) is 3.76. The molecule has 4 fully saturated rings. The summed E-state index contributed by atoms with van der Waals surface area (Å²) in [5.41, 5.74) is 14.2. The Bertz CT molecular complexity index is 2930. The molecule has 8 aromatic carbocycles. The molecule has 0 radical (unpaired) electrons. The Morgan fingerprint density at radius 3 is 1.60 bits per heavy atom. The molecule has 55 heavy (non-hydrogen) atoms. The Hall–Kier alpha value is -5.50. The number of hydrogen-bond acceptors (Lipinski definition) is 1. The molecule has 14 rings (SSSR count). The summed E-state index contributed by atoms with van der Waals surface area (Å²) in [6, 6.07) is 60.3. The van der Waals surface area contributed by atoms with Crippen LogP contribution in [0.25, 0.3) is 86.2 Å². The highest BCUT2D eigenvalue weighted by Gasteiger charge is 2.62. The number of hydrogen-bond donors (Lipinski definition) is 0. The van der Waals surface area contributed by atoms with Crippen LogP contribution in [-0.4, -0.2) is 0 Å². The van der Waals surface area contributed by atoms with Crippen LogP contribution < -0.4 is 0 Å². The first-order valence-electron chi connectivity index (χ1n) is 20.4. The molecule has 4 bridgehead atoms. The van der Waals surface area contributed by atoms with E-state index in [1.165, 1.54) is 113 Å². The molecule has 0 unspecified atom stereocenters. The summed E-state index contributed by atoms with van der Waals surface area (Å²) < 4.78 is 2.86. The second kappa shape index (κ2) is 11.3. The van der Waals surface area contributed by atoms with Crippen LogP contribution in [0.15, 0.2) is 158 Å². The monoisotopic (exact) mass is 720 g/mol. The van der Waals surface area contributed by atoms with Crippen LogP contribution in [0.5, 0.6) is 0 Å². The standard InChI is InChI=1S/C54H40S/c1-3-14-41-34(10-1)12-7-17-43(41)36-29-37(44-18-8-13-35-11-2-4-15-42(35)44)31-38(30-36)45-19-9-20-48-51-50(55-53(45)48)23-22-47-46-16-5-6-21-49(46)54(52(47)51)39-25-32-24-33(27-39)28-40(54)26-32/h1-23,29-33,39-40H,24-28H2. The molecule has 0 amide bonds. The van der Waals surface area contributed by atoms with E-state index in [4.69, 9.17) is 0 Å². The zero-order chi connectivity index (χ0) is 35.8. The molecule has 5 aliphatic carbocycles. The summed E-state index contributed by atoms with van der Waals surface area (Å²) in [6.07, 6.45) is 7.10. The minimum absolute atomic E-state index is 0.138. The number of benzene rings is 8. The lowest BCUT2D eigenvalue weighted by molar-refractivity contribution is -0.0393. The van der Waals surface area contributed by atoms with Gasteiger partial charge in [-0.3, -0.25) is 0 Å². The maximum absolute atomic E-state index is 2.52. The lowest BCUT2D eigenvalue weighted by atomic mass is 9.43. The Morgan fingerprint density at radius 2 is 0.927 bits per heavy atom. The minimum atomic E-state index is 0.138. The van der Waals surface area contributed by atoms with E-state index in [-0.39, 0.29) is 5.41 Å². The van der Waals surface area contributed by atoms with Crippen molar-refractivity contribution in [1.82, 2.24) is 0 Å². The highest BCUT2D eigenvalue weighted by molar-refractivity contribution is 7.26. The Balaban J connectivity index is 1.08. The molecular weight excluding hydrogens is 681 g/mol. The largest absolute Gasteiger partial charge is 0.135 e. The molecule has 0 N–H and O–H groups in total. The molecule has 1 heteroatoms. The Labute approximate surface area is 326 Å². The number of rotatable bonds is 3. The Kier molecular flexibility index (Phi) is 6.31. The summed E-state index contributed by atoms with van der Waals surface area (Å²) in [5.74, 6) is 3.35. The molecule has 0 aliphatic heterocycles. The third-order valence-corrected chi connectivity index (χ3v) is 15.8. The highest BCUT2D eigenvalue weighted by Crippen LogP contribution is 2.70. The molecule has 1 aromatic heterocycles. The minimum Gasteiger partial charge on any atom is -0.135 e. The second-order valence-corrected chi connectivity index (χ2v) is 18.3. The van der Waals surface area contributed by atoms with Crippen molar-refractivity contribution in [2.45, 2.75) is 37.5 Å². The second-order valence-electron chi connectivity index (χ2n) is 17.2. The van der Waals surface area contributed by atoms with E-state index in [2.05, 4.69) is 158 Å². The van der Waals surface area contributed by atoms with Crippen LogP contribution in [0.3, 0.4) is 0 Å². The molecule has 0 nitrogen and oxygen atoms in total. The fourth-order valence-corrected chi connectivity index (χ4v) is 14.1. The maximum atomic E-state index is 2.52. The van der Waals surface area contributed by atoms with Crippen molar-refractivity contribution in [2.24, 2.45) is 23.7 Å². The molecule has 0 saturated heterocycles. The van der Waals surface area contributed by atoms with Gasteiger partial charge < -0.3 is 0 Å². The smallest absolute Gasteiger partial charge is 0.0433 e. The van der Waals surface area contributed by atoms with Gasteiger partial charge in [-0.05, 0) is 157 Å². The van der Waals surface area contributed by atoms with Crippen LogP contribution in [0.2, 0.25) is 0 Å². The van der Waals surface area contributed by atoms with E-state index >= 15 is 0 Å². The van der Waals surface area contributed by atoms with E-state index < -0.39 is 0 Å². The van der Waals surface area contributed by atoms with Gasteiger partial charge in [-0.15, -0.1) is 11.3 Å². The highest BCUT2D eigenvalue weighted by atomic mass is 32.1. The van der Waals surface area contributed by atoms with Gasteiger partial charge in [0, 0.05) is 25.6 Å². The normalized spacial score (nSPS) is 23.3. The fraction of sp³-hybridized carbons (Fsp3) is 0.185. The maximum Gasteiger partial charge on any atom is 0.0433 e.